The molecule has 0 spiro atoms. The fourth-order valence-electron chi connectivity index (χ4n) is 2.41. The molecule has 3 nitrogen and oxygen atoms in total. The standard InChI is InChI=1S/C16H19BrN2O/c1-4-5-13-15(17)16(20)19-14(18-13)9-12-7-10(2)6-11(3)8-12/h6-8H,4-5,9H2,1-3H3,(H,18,19,20). The number of nitrogens with one attached hydrogen (secondary N) is 1. The van der Waals surface area contributed by atoms with Gasteiger partial charge in [-0.2, -0.15) is 0 Å². The zero-order chi connectivity index (χ0) is 14.7. The van der Waals surface area contributed by atoms with E-state index in [4.69, 9.17) is 0 Å². The molecule has 2 rings (SSSR count). The summed E-state index contributed by atoms with van der Waals surface area (Å²) in [5.74, 6) is 0.728. The number of rotatable bonds is 4. The first-order valence-corrected chi connectivity index (χ1v) is 7.63. The van der Waals surface area contributed by atoms with Crippen molar-refractivity contribution in [2.24, 2.45) is 0 Å². The van der Waals surface area contributed by atoms with Gasteiger partial charge in [-0.25, -0.2) is 4.98 Å². The maximum atomic E-state index is 11.9. The van der Waals surface area contributed by atoms with Gasteiger partial charge in [-0.3, -0.25) is 4.79 Å². The molecule has 0 aliphatic heterocycles. The minimum Gasteiger partial charge on any atom is -0.309 e. The van der Waals surface area contributed by atoms with Crippen LogP contribution in [0.15, 0.2) is 27.5 Å². The van der Waals surface area contributed by atoms with Gasteiger partial charge in [0.05, 0.1) is 5.69 Å². The van der Waals surface area contributed by atoms with Crippen LogP contribution in [0.5, 0.6) is 0 Å². The number of halogens is 1. The van der Waals surface area contributed by atoms with Gasteiger partial charge in [-0.05, 0) is 41.8 Å². The van der Waals surface area contributed by atoms with Gasteiger partial charge in [0.1, 0.15) is 10.3 Å². The lowest BCUT2D eigenvalue weighted by molar-refractivity contribution is 0.822. The quantitative estimate of drug-likeness (QED) is 0.926. The minimum absolute atomic E-state index is 0.0946. The van der Waals surface area contributed by atoms with Crippen LogP contribution >= 0.6 is 15.9 Å². The molecule has 0 aliphatic rings. The Bertz CT molecular complexity index is 656. The summed E-state index contributed by atoms with van der Waals surface area (Å²) in [7, 11) is 0. The van der Waals surface area contributed by atoms with Crippen LogP contribution in [0.25, 0.3) is 0 Å². The van der Waals surface area contributed by atoms with E-state index in [0.717, 1.165) is 24.4 Å². The fourth-order valence-corrected chi connectivity index (χ4v) is 2.79. The van der Waals surface area contributed by atoms with Gasteiger partial charge in [0.25, 0.3) is 5.56 Å². The van der Waals surface area contributed by atoms with Crippen LogP contribution in [0, 0.1) is 13.8 Å². The number of benzene rings is 1. The summed E-state index contributed by atoms with van der Waals surface area (Å²) in [5.41, 5.74) is 4.38. The molecule has 20 heavy (non-hydrogen) atoms. The predicted molar refractivity (Wildman–Crippen MR) is 85.3 cm³/mol. The van der Waals surface area contributed by atoms with Crippen molar-refractivity contribution < 1.29 is 0 Å². The fraction of sp³-hybridized carbons (Fsp3) is 0.375. The van der Waals surface area contributed by atoms with Crippen molar-refractivity contribution >= 4 is 15.9 Å². The zero-order valence-corrected chi connectivity index (χ0v) is 13.7. The first kappa shape index (κ1) is 15.0. The Kier molecular flexibility index (Phi) is 4.76. The van der Waals surface area contributed by atoms with Crippen LogP contribution < -0.4 is 5.56 Å². The second-order valence-electron chi connectivity index (χ2n) is 5.20. The summed E-state index contributed by atoms with van der Waals surface area (Å²) >= 11 is 3.32. The highest BCUT2D eigenvalue weighted by Crippen LogP contribution is 2.14. The Hall–Kier alpha value is -1.42. The highest BCUT2D eigenvalue weighted by Gasteiger charge is 2.09. The topological polar surface area (TPSA) is 45.8 Å². The zero-order valence-electron chi connectivity index (χ0n) is 12.1. The van der Waals surface area contributed by atoms with Gasteiger partial charge in [-0.1, -0.05) is 42.7 Å². The second kappa shape index (κ2) is 6.35. The summed E-state index contributed by atoms with van der Waals surface area (Å²) in [4.78, 5) is 19.3. The van der Waals surface area contributed by atoms with Crippen LogP contribution in [0.1, 0.15) is 41.6 Å². The number of aromatic nitrogens is 2. The molecule has 0 bridgehead atoms. The van der Waals surface area contributed by atoms with Crippen LogP contribution in [0.3, 0.4) is 0 Å². The Balaban J connectivity index is 2.36. The van der Waals surface area contributed by atoms with Crippen molar-refractivity contribution in [1.82, 2.24) is 9.97 Å². The minimum atomic E-state index is -0.0946. The molecule has 0 unspecified atom stereocenters. The van der Waals surface area contributed by atoms with Gasteiger partial charge in [-0.15, -0.1) is 0 Å². The van der Waals surface area contributed by atoms with Crippen LogP contribution in [-0.2, 0) is 12.8 Å². The summed E-state index contributed by atoms with van der Waals surface area (Å²) in [5, 5.41) is 0. The van der Waals surface area contributed by atoms with Gasteiger partial charge >= 0.3 is 0 Å². The van der Waals surface area contributed by atoms with Crippen LogP contribution in [0.2, 0.25) is 0 Å². The molecule has 0 radical (unpaired) electrons. The van der Waals surface area contributed by atoms with E-state index in [2.05, 4.69) is 64.9 Å². The smallest absolute Gasteiger partial charge is 0.265 e. The van der Waals surface area contributed by atoms with E-state index in [0.29, 0.717) is 10.9 Å². The van der Waals surface area contributed by atoms with E-state index in [9.17, 15) is 4.79 Å². The van der Waals surface area contributed by atoms with Gasteiger partial charge in [0, 0.05) is 6.42 Å². The normalized spacial score (nSPS) is 10.8. The summed E-state index contributed by atoms with van der Waals surface area (Å²) < 4.78 is 0.559. The monoisotopic (exact) mass is 334 g/mol. The van der Waals surface area contributed by atoms with E-state index >= 15 is 0 Å². The summed E-state index contributed by atoms with van der Waals surface area (Å²) in [6.45, 7) is 6.24. The third-order valence-corrected chi connectivity index (χ3v) is 3.94. The molecule has 0 saturated heterocycles. The van der Waals surface area contributed by atoms with Crippen molar-refractivity contribution in [3.05, 3.63) is 61.2 Å². The highest BCUT2D eigenvalue weighted by atomic mass is 79.9. The third kappa shape index (κ3) is 3.57. The van der Waals surface area contributed by atoms with E-state index in [1.807, 2.05) is 0 Å². The largest absolute Gasteiger partial charge is 0.309 e. The average Bonchev–Trinajstić information content (AvgIpc) is 2.34. The SMILES string of the molecule is CCCc1nc(Cc2cc(C)cc(C)c2)[nH]c(=O)c1Br. The molecule has 4 heteroatoms. The molecule has 106 valence electrons. The second-order valence-corrected chi connectivity index (χ2v) is 5.99. The van der Waals surface area contributed by atoms with Crippen molar-refractivity contribution in [3.63, 3.8) is 0 Å². The average molecular weight is 335 g/mol. The lowest BCUT2D eigenvalue weighted by atomic mass is 10.0. The van der Waals surface area contributed by atoms with Gasteiger partial charge < -0.3 is 4.98 Å². The molecule has 2 aromatic rings. The lowest BCUT2D eigenvalue weighted by Crippen LogP contribution is -2.16. The molecule has 0 saturated carbocycles. The van der Waals surface area contributed by atoms with Crippen molar-refractivity contribution in [1.29, 1.82) is 0 Å². The summed E-state index contributed by atoms with van der Waals surface area (Å²) in [6, 6.07) is 6.41. The summed E-state index contributed by atoms with van der Waals surface area (Å²) in [6.07, 6.45) is 2.43. The number of hydrogen-bond acceptors (Lipinski definition) is 2. The Morgan fingerprint density at radius 3 is 2.45 bits per heavy atom. The molecule has 1 heterocycles. The number of hydrogen-bond donors (Lipinski definition) is 1. The maximum absolute atomic E-state index is 11.9. The van der Waals surface area contributed by atoms with Crippen LogP contribution in [-0.4, -0.2) is 9.97 Å². The van der Waals surface area contributed by atoms with E-state index in [1.54, 1.807) is 0 Å². The first-order chi connectivity index (χ1) is 9.49. The Labute approximate surface area is 127 Å². The number of H-pyrrole nitrogens is 1. The third-order valence-electron chi connectivity index (χ3n) is 3.12. The molecular weight excluding hydrogens is 316 g/mol. The van der Waals surface area contributed by atoms with Gasteiger partial charge in [0.15, 0.2) is 0 Å². The Morgan fingerprint density at radius 2 is 1.85 bits per heavy atom. The highest BCUT2D eigenvalue weighted by molar-refractivity contribution is 9.10. The molecule has 1 N–H and O–H groups in total. The van der Waals surface area contributed by atoms with Crippen molar-refractivity contribution in [3.8, 4) is 0 Å². The molecule has 0 amide bonds. The van der Waals surface area contributed by atoms with Crippen LogP contribution in [0.4, 0.5) is 0 Å². The van der Waals surface area contributed by atoms with E-state index in [1.165, 1.54) is 16.7 Å². The molecule has 1 aromatic carbocycles. The van der Waals surface area contributed by atoms with Crippen molar-refractivity contribution in [2.75, 3.05) is 0 Å². The number of aryl methyl sites for hydroxylation is 3. The molecule has 0 fully saturated rings. The lowest BCUT2D eigenvalue weighted by Gasteiger charge is -2.07. The van der Waals surface area contributed by atoms with Gasteiger partial charge in [0.2, 0.25) is 0 Å². The number of aromatic amines is 1. The molecule has 1 aromatic heterocycles. The number of nitrogens with zero attached hydrogens (tertiary/aromatic N) is 1. The maximum Gasteiger partial charge on any atom is 0.265 e. The predicted octanol–water partition coefficient (Wildman–Crippen LogP) is 3.69. The first-order valence-electron chi connectivity index (χ1n) is 6.84. The van der Waals surface area contributed by atoms with Crippen molar-refractivity contribution in [2.45, 2.75) is 40.0 Å². The Morgan fingerprint density at radius 1 is 1.20 bits per heavy atom. The van der Waals surface area contributed by atoms with E-state index in [-0.39, 0.29) is 5.56 Å². The molecule has 0 atom stereocenters. The molecule has 0 aliphatic carbocycles. The van der Waals surface area contributed by atoms with E-state index < -0.39 is 0 Å². The molecular formula is C16H19BrN2O.